The van der Waals surface area contributed by atoms with Crippen LogP contribution in [-0.4, -0.2) is 47.0 Å². The van der Waals surface area contributed by atoms with Crippen LogP contribution in [0.25, 0.3) is 11.4 Å². The molecule has 7 nitrogen and oxygen atoms in total. The average Bonchev–Trinajstić information content (AvgIpc) is 3.24. The van der Waals surface area contributed by atoms with Gasteiger partial charge >= 0.3 is 0 Å². The Kier molecular flexibility index (Phi) is 4.68. The quantitative estimate of drug-likeness (QED) is 0.896. The molecule has 1 aliphatic carbocycles. The van der Waals surface area contributed by atoms with Crippen LogP contribution in [0.15, 0.2) is 24.5 Å². The van der Waals surface area contributed by atoms with Crippen molar-refractivity contribution in [1.82, 2.24) is 15.0 Å². The second-order valence-electron chi connectivity index (χ2n) is 7.25. The summed E-state index contributed by atoms with van der Waals surface area (Å²) in [6.45, 7) is 2.08. The van der Waals surface area contributed by atoms with E-state index in [0.717, 1.165) is 42.1 Å². The number of amides is 1. The van der Waals surface area contributed by atoms with Gasteiger partial charge in [0.1, 0.15) is 17.5 Å². The number of aromatic nitrogens is 3. The number of carbonyl (C=O) groups is 1. The minimum absolute atomic E-state index is 0.134. The van der Waals surface area contributed by atoms with E-state index in [0.29, 0.717) is 11.9 Å². The Bertz CT molecular complexity index is 848. The Morgan fingerprint density at radius 1 is 1.26 bits per heavy atom. The van der Waals surface area contributed by atoms with Gasteiger partial charge < -0.3 is 15.1 Å². The van der Waals surface area contributed by atoms with Gasteiger partial charge in [0.15, 0.2) is 11.6 Å². The number of pyridine rings is 1. The SMILES string of the molecule is CC[C@@H]1C(=O)N(C)c2cnc(-c3ccnc(NC)c3)nc2N1C1CCCC1. The van der Waals surface area contributed by atoms with Crippen LogP contribution in [0, 0.1) is 0 Å². The molecular formula is C20H26N6O. The zero-order chi connectivity index (χ0) is 19.0. The molecule has 0 spiro atoms. The molecule has 2 aromatic rings. The number of rotatable bonds is 4. The maximum atomic E-state index is 12.9. The van der Waals surface area contributed by atoms with Crippen molar-refractivity contribution in [3.05, 3.63) is 24.5 Å². The molecule has 2 aliphatic rings. The first-order valence-corrected chi connectivity index (χ1v) is 9.71. The fourth-order valence-corrected chi connectivity index (χ4v) is 4.23. The number of fused-ring (bicyclic) bond motifs is 1. The molecule has 1 amide bonds. The number of likely N-dealkylation sites (N-methyl/N-ethyl adjacent to an activating group) is 1. The summed E-state index contributed by atoms with van der Waals surface area (Å²) in [4.78, 5) is 30.7. The molecule has 7 heteroatoms. The van der Waals surface area contributed by atoms with Gasteiger partial charge in [0.05, 0.1) is 6.20 Å². The largest absolute Gasteiger partial charge is 0.373 e. The number of hydrogen-bond acceptors (Lipinski definition) is 6. The van der Waals surface area contributed by atoms with E-state index in [1.54, 1.807) is 17.3 Å². The summed E-state index contributed by atoms with van der Waals surface area (Å²) in [5.74, 6) is 2.45. The lowest BCUT2D eigenvalue weighted by molar-refractivity contribution is -0.120. The standard InChI is InChI=1S/C20H26N6O/c1-4-15-20(27)25(3)16-12-23-18(13-9-10-22-17(11-13)21-2)24-19(16)26(15)14-7-5-6-8-14/h9-12,14-15H,4-8H2,1-3H3,(H,21,22)/t15-/m1/s1. The van der Waals surface area contributed by atoms with Gasteiger partial charge in [-0.05, 0) is 31.4 Å². The number of hydrogen-bond donors (Lipinski definition) is 1. The highest BCUT2D eigenvalue weighted by Gasteiger charge is 2.41. The minimum atomic E-state index is -0.154. The van der Waals surface area contributed by atoms with Gasteiger partial charge in [-0.3, -0.25) is 4.79 Å². The summed E-state index contributed by atoms with van der Waals surface area (Å²) in [5.41, 5.74) is 1.71. The highest BCUT2D eigenvalue weighted by molar-refractivity contribution is 6.04. The first kappa shape index (κ1) is 17.7. The van der Waals surface area contributed by atoms with Gasteiger partial charge in [0.2, 0.25) is 5.91 Å². The van der Waals surface area contributed by atoms with Crippen LogP contribution < -0.4 is 15.1 Å². The molecule has 0 unspecified atom stereocenters. The predicted octanol–water partition coefficient (Wildman–Crippen LogP) is 3.08. The van der Waals surface area contributed by atoms with Gasteiger partial charge in [-0.2, -0.15) is 0 Å². The van der Waals surface area contributed by atoms with E-state index >= 15 is 0 Å². The average molecular weight is 366 g/mol. The van der Waals surface area contributed by atoms with Crippen molar-refractivity contribution >= 4 is 23.2 Å². The lowest BCUT2D eigenvalue weighted by Crippen LogP contribution is -2.55. The third kappa shape index (κ3) is 3.01. The van der Waals surface area contributed by atoms with Crippen molar-refractivity contribution in [3.63, 3.8) is 0 Å². The number of anilines is 3. The first-order valence-electron chi connectivity index (χ1n) is 9.71. The Morgan fingerprint density at radius 3 is 2.74 bits per heavy atom. The Morgan fingerprint density at radius 2 is 2.04 bits per heavy atom. The smallest absolute Gasteiger partial charge is 0.249 e. The van der Waals surface area contributed by atoms with E-state index < -0.39 is 0 Å². The molecule has 142 valence electrons. The lowest BCUT2D eigenvalue weighted by Gasteiger charge is -2.43. The predicted molar refractivity (Wildman–Crippen MR) is 107 cm³/mol. The van der Waals surface area contributed by atoms with Crippen LogP contribution in [0.2, 0.25) is 0 Å². The van der Waals surface area contributed by atoms with Gasteiger partial charge in [-0.25, -0.2) is 15.0 Å². The van der Waals surface area contributed by atoms with E-state index in [9.17, 15) is 4.79 Å². The molecule has 4 rings (SSSR count). The van der Waals surface area contributed by atoms with Crippen molar-refractivity contribution in [2.75, 3.05) is 29.2 Å². The van der Waals surface area contributed by atoms with Crippen molar-refractivity contribution in [2.24, 2.45) is 0 Å². The highest BCUT2D eigenvalue weighted by atomic mass is 16.2. The summed E-state index contributed by atoms with van der Waals surface area (Å²) in [7, 11) is 3.67. The Labute approximate surface area is 159 Å². The number of carbonyl (C=O) groups excluding carboxylic acids is 1. The molecule has 1 atom stereocenters. The van der Waals surface area contributed by atoms with Crippen LogP contribution in [0.4, 0.5) is 17.3 Å². The molecule has 1 N–H and O–H groups in total. The van der Waals surface area contributed by atoms with Gasteiger partial charge in [0.25, 0.3) is 0 Å². The van der Waals surface area contributed by atoms with Crippen molar-refractivity contribution in [1.29, 1.82) is 0 Å². The fraction of sp³-hybridized carbons (Fsp3) is 0.500. The minimum Gasteiger partial charge on any atom is -0.373 e. The highest BCUT2D eigenvalue weighted by Crippen LogP contribution is 2.40. The molecule has 3 heterocycles. The third-order valence-corrected chi connectivity index (χ3v) is 5.69. The van der Waals surface area contributed by atoms with Crippen LogP contribution in [0.5, 0.6) is 0 Å². The van der Waals surface area contributed by atoms with Gasteiger partial charge in [-0.1, -0.05) is 19.8 Å². The lowest BCUT2D eigenvalue weighted by atomic mass is 10.0. The molecule has 0 saturated heterocycles. The maximum Gasteiger partial charge on any atom is 0.249 e. The summed E-state index contributed by atoms with van der Waals surface area (Å²) in [5, 5.41) is 3.05. The molecule has 1 saturated carbocycles. The van der Waals surface area contributed by atoms with Crippen LogP contribution >= 0.6 is 0 Å². The maximum absolute atomic E-state index is 12.9. The Balaban J connectivity index is 1.83. The van der Waals surface area contributed by atoms with Crippen LogP contribution in [0.3, 0.4) is 0 Å². The monoisotopic (exact) mass is 366 g/mol. The van der Waals surface area contributed by atoms with E-state index in [1.807, 2.05) is 26.2 Å². The van der Waals surface area contributed by atoms with Gasteiger partial charge in [-0.15, -0.1) is 0 Å². The molecule has 27 heavy (non-hydrogen) atoms. The zero-order valence-electron chi connectivity index (χ0n) is 16.1. The number of nitrogens with zero attached hydrogens (tertiary/aromatic N) is 5. The van der Waals surface area contributed by atoms with Crippen molar-refractivity contribution < 1.29 is 4.79 Å². The zero-order valence-corrected chi connectivity index (χ0v) is 16.1. The van der Waals surface area contributed by atoms with E-state index in [1.165, 1.54) is 12.8 Å². The normalized spacial score (nSPS) is 20.1. The summed E-state index contributed by atoms with van der Waals surface area (Å²) in [6, 6.07) is 4.08. The summed E-state index contributed by atoms with van der Waals surface area (Å²) in [6.07, 6.45) is 8.97. The molecular weight excluding hydrogens is 340 g/mol. The summed E-state index contributed by atoms with van der Waals surface area (Å²) >= 11 is 0. The van der Waals surface area contributed by atoms with Gasteiger partial charge in [0, 0.05) is 31.9 Å². The third-order valence-electron chi connectivity index (χ3n) is 5.69. The second kappa shape index (κ2) is 7.13. The van der Waals surface area contributed by atoms with Crippen LogP contribution in [0.1, 0.15) is 39.0 Å². The molecule has 0 aromatic carbocycles. The molecule has 0 bridgehead atoms. The van der Waals surface area contributed by atoms with E-state index in [4.69, 9.17) is 4.98 Å². The summed E-state index contributed by atoms with van der Waals surface area (Å²) < 4.78 is 0. The molecule has 2 aromatic heterocycles. The second-order valence-corrected chi connectivity index (χ2v) is 7.25. The molecule has 0 radical (unpaired) electrons. The van der Waals surface area contributed by atoms with E-state index in [-0.39, 0.29) is 11.9 Å². The first-order chi connectivity index (χ1) is 13.1. The van der Waals surface area contributed by atoms with Crippen molar-refractivity contribution in [2.45, 2.75) is 51.1 Å². The Hall–Kier alpha value is -2.70. The topological polar surface area (TPSA) is 74.2 Å². The van der Waals surface area contributed by atoms with E-state index in [2.05, 4.69) is 27.1 Å². The number of nitrogens with one attached hydrogen (secondary N) is 1. The molecule has 1 fully saturated rings. The van der Waals surface area contributed by atoms with Crippen LogP contribution in [-0.2, 0) is 4.79 Å². The van der Waals surface area contributed by atoms with Crippen molar-refractivity contribution in [3.8, 4) is 11.4 Å². The molecule has 1 aliphatic heterocycles. The fourth-order valence-electron chi connectivity index (χ4n) is 4.23.